The van der Waals surface area contributed by atoms with Crippen molar-refractivity contribution >= 4 is 28.5 Å². The van der Waals surface area contributed by atoms with Gasteiger partial charge in [-0.25, -0.2) is 14.4 Å². The van der Waals surface area contributed by atoms with Crippen molar-refractivity contribution in [1.82, 2.24) is 9.97 Å². The fourth-order valence-corrected chi connectivity index (χ4v) is 3.87. The van der Waals surface area contributed by atoms with Gasteiger partial charge >= 0.3 is 0 Å². The van der Waals surface area contributed by atoms with Crippen LogP contribution in [0.1, 0.15) is 18.4 Å². The highest BCUT2D eigenvalue weighted by Gasteiger charge is 2.22. The van der Waals surface area contributed by atoms with Crippen molar-refractivity contribution < 1.29 is 9.13 Å². The molecule has 0 N–H and O–H groups in total. The first-order valence-corrected chi connectivity index (χ1v) is 10.3. The standard InChI is InChI=1S/C21H22FN3OS/c1-27-18-6-7-20-19(12-18)21(24-14-23-20)25-10-8-17(9-11-25)26-13-15-2-4-16(22)5-3-15/h2-7,12,14,17H,8-11,13H2,1H3. The van der Waals surface area contributed by atoms with Crippen molar-refractivity contribution in [3.05, 3.63) is 60.2 Å². The summed E-state index contributed by atoms with van der Waals surface area (Å²) in [5, 5.41) is 1.11. The predicted octanol–water partition coefficient (Wildman–Crippen LogP) is 4.68. The van der Waals surface area contributed by atoms with E-state index in [1.807, 2.05) is 0 Å². The van der Waals surface area contributed by atoms with Crippen LogP contribution in [0.25, 0.3) is 10.9 Å². The molecule has 0 unspecified atom stereocenters. The zero-order valence-electron chi connectivity index (χ0n) is 15.3. The Labute approximate surface area is 162 Å². The number of piperidine rings is 1. The van der Waals surface area contributed by atoms with Crippen LogP contribution in [-0.4, -0.2) is 35.4 Å². The van der Waals surface area contributed by atoms with Crippen molar-refractivity contribution in [2.75, 3.05) is 24.2 Å². The minimum absolute atomic E-state index is 0.214. The Hall–Kier alpha value is -2.18. The van der Waals surface area contributed by atoms with E-state index in [1.165, 1.54) is 17.0 Å². The summed E-state index contributed by atoms with van der Waals surface area (Å²) in [6.45, 7) is 2.34. The largest absolute Gasteiger partial charge is 0.373 e. The molecule has 0 aliphatic carbocycles. The number of hydrogen-bond acceptors (Lipinski definition) is 5. The van der Waals surface area contributed by atoms with Crippen LogP contribution in [0, 0.1) is 5.82 Å². The number of aromatic nitrogens is 2. The molecule has 0 atom stereocenters. The lowest BCUT2D eigenvalue weighted by Gasteiger charge is -2.33. The molecule has 4 nitrogen and oxygen atoms in total. The van der Waals surface area contributed by atoms with E-state index in [4.69, 9.17) is 4.74 Å². The molecule has 0 amide bonds. The zero-order chi connectivity index (χ0) is 18.6. The van der Waals surface area contributed by atoms with E-state index in [2.05, 4.69) is 39.3 Å². The molecule has 3 aromatic rings. The van der Waals surface area contributed by atoms with E-state index < -0.39 is 0 Å². The van der Waals surface area contributed by atoms with Crippen LogP contribution in [-0.2, 0) is 11.3 Å². The number of rotatable bonds is 5. The minimum Gasteiger partial charge on any atom is -0.373 e. The first-order chi connectivity index (χ1) is 13.2. The quantitative estimate of drug-likeness (QED) is 0.598. The number of nitrogens with zero attached hydrogens (tertiary/aromatic N) is 3. The number of benzene rings is 2. The minimum atomic E-state index is -0.214. The fraction of sp³-hybridized carbons (Fsp3) is 0.333. The number of thioether (sulfide) groups is 1. The Morgan fingerprint density at radius 2 is 1.89 bits per heavy atom. The van der Waals surface area contributed by atoms with Gasteiger partial charge in [0.1, 0.15) is 18.0 Å². The highest BCUT2D eigenvalue weighted by molar-refractivity contribution is 7.98. The fourth-order valence-electron chi connectivity index (χ4n) is 3.43. The van der Waals surface area contributed by atoms with Crippen molar-refractivity contribution in [1.29, 1.82) is 0 Å². The van der Waals surface area contributed by atoms with Crippen LogP contribution in [0.3, 0.4) is 0 Å². The predicted molar refractivity (Wildman–Crippen MR) is 108 cm³/mol. The average Bonchev–Trinajstić information content (AvgIpc) is 2.73. The molecule has 140 valence electrons. The second-order valence-corrected chi connectivity index (χ2v) is 7.58. The van der Waals surface area contributed by atoms with Gasteiger partial charge in [0.2, 0.25) is 0 Å². The van der Waals surface area contributed by atoms with Crippen molar-refractivity contribution in [3.8, 4) is 0 Å². The van der Waals surface area contributed by atoms with E-state index in [-0.39, 0.29) is 11.9 Å². The molecule has 0 bridgehead atoms. The van der Waals surface area contributed by atoms with Gasteiger partial charge in [0, 0.05) is 23.4 Å². The maximum atomic E-state index is 13.0. The van der Waals surface area contributed by atoms with Gasteiger partial charge in [-0.3, -0.25) is 0 Å². The van der Waals surface area contributed by atoms with Crippen LogP contribution in [0.2, 0.25) is 0 Å². The number of anilines is 1. The summed E-state index contributed by atoms with van der Waals surface area (Å²) in [6, 6.07) is 12.8. The number of halogens is 1. The Morgan fingerprint density at radius 3 is 2.63 bits per heavy atom. The molecular formula is C21H22FN3OS. The van der Waals surface area contributed by atoms with Gasteiger partial charge in [0.15, 0.2) is 0 Å². The molecule has 0 saturated carbocycles. The third-order valence-corrected chi connectivity index (χ3v) is 5.69. The van der Waals surface area contributed by atoms with Crippen LogP contribution >= 0.6 is 11.8 Å². The monoisotopic (exact) mass is 383 g/mol. The number of fused-ring (bicyclic) bond motifs is 1. The molecule has 1 aromatic heterocycles. The maximum absolute atomic E-state index is 13.0. The Bertz CT molecular complexity index is 911. The number of ether oxygens (including phenoxy) is 1. The van der Waals surface area contributed by atoms with E-state index in [0.29, 0.717) is 6.61 Å². The second-order valence-electron chi connectivity index (χ2n) is 6.70. The lowest BCUT2D eigenvalue weighted by Crippen LogP contribution is -2.37. The molecule has 1 aliphatic heterocycles. The smallest absolute Gasteiger partial charge is 0.139 e. The second kappa shape index (κ2) is 8.23. The Balaban J connectivity index is 1.40. The van der Waals surface area contributed by atoms with Crippen LogP contribution in [0.15, 0.2) is 53.7 Å². The topological polar surface area (TPSA) is 38.2 Å². The molecule has 6 heteroatoms. The van der Waals surface area contributed by atoms with Gasteiger partial charge in [0.25, 0.3) is 0 Å². The molecule has 4 rings (SSSR count). The highest BCUT2D eigenvalue weighted by atomic mass is 32.2. The lowest BCUT2D eigenvalue weighted by atomic mass is 10.1. The van der Waals surface area contributed by atoms with Gasteiger partial charge in [-0.15, -0.1) is 11.8 Å². The number of hydrogen-bond donors (Lipinski definition) is 0. The summed E-state index contributed by atoms with van der Waals surface area (Å²) in [5.74, 6) is 0.793. The van der Waals surface area contributed by atoms with Crippen molar-refractivity contribution in [2.24, 2.45) is 0 Å². The Kier molecular flexibility index (Phi) is 5.55. The summed E-state index contributed by atoms with van der Waals surface area (Å²) in [7, 11) is 0. The highest BCUT2D eigenvalue weighted by Crippen LogP contribution is 2.29. The molecule has 1 aliphatic rings. The molecular weight excluding hydrogens is 361 g/mol. The lowest BCUT2D eigenvalue weighted by molar-refractivity contribution is 0.0250. The molecule has 2 heterocycles. The summed E-state index contributed by atoms with van der Waals surface area (Å²) < 4.78 is 19.0. The third-order valence-electron chi connectivity index (χ3n) is 4.96. The molecule has 0 spiro atoms. The van der Waals surface area contributed by atoms with E-state index in [0.717, 1.165) is 48.2 Å². The molecule has 1 fully saturated rings. The molecule has 0 radical (unpaired) electrons. The molecule has 2 aromatic carbocycles. The Morgan fingerprint density at radius 1 is 1.11 bits per heavy atom. The summed E-state index contributed by atoms with van der Waals surface area (Å²) in [5.41, 5.74) is 1.98. The van der Waals surface area contributed by atoms with E-state index >= 15 is 0 Å². The van der Waals surface area contributed by atoms with Crippen LogP contribution < -0.4 is 4.90 Å². The average molecular weight is 383 g/mol. The summed E-state index contributed by atoms with van der Waals surface area (Å²) >= 11 is 1.73. The van der Waals surface area contributed by atoms with E-state index in [1.54, 1.807) is 30.2 Å². The zero-order valence-corrected chi connectivity index (χ0v) is 16.1. The summed E-state index contributed by atoms with van der Waals surface area (Å²) in [6.07, 6.45) is 5.85. The van der Waals surface area contributed by atoms with Gasteiger partial charge < -0.3 is 9.64 Å². The van der Waals surface area contributed by atoms with Gasteiger partial charge in [0.05, 0.1) is 18.2 Å². The van der Waals surface area contributed by atoms with Crippen LogP contribution in [0.5, 0.6) is 0 Å². The van der Waals surface area contributed by atoms with Gasteiger partial charge in [-0.1, -0.05) is 12.1 Å². The van der Waals surface area contributed by atoms with Crippen molar-refractivity contribution in [2.45, 2.75) is 30.4 Å². The van der Waals surface area contributed by atoms with E-state index in [9.17, 15) is 4.39 Å². The van der Waals surface area contributed by atoms with Crippen molar-refractivity contribution in [3.63, 3.8) is 0 Å². The third kappa shape index (κ3) is 4.22. The van der Waals surface area contributed by atoms with Gasteiger partial charge in [-0.2, -0.15) is 0 Å². The SMILES string of the molecule is CSc1ccc2ncnc(N3CCC(OCc4ccc(F)cc4)CC3)c2c1. The maximum Gasteiger partial charge on any atom is 0.139 e. The normalized spacial score (nSPS) is 15.4. The molecule has 1 saturated heterocycles. The van der Waals surface area contributed by atoms with Gasteiger partial charge in [-0.05, 0) is 55.0 Å². The first-order valence-electron chi connectivity index (χ1n) is 9.12. The summed E-state index contributed by atoms with van der Waals surface area (Å²) in [4.78, 5) is 12.5. The van der Waals surface area contributed by atoms with Crippen LogP contribution in [0.4, 0.5) is 10.2 Å². The first kappa shape index (κ1) is 18.2. The molecule has 27 heavy (non-hydrogen) atoms.